The number of aromatic nitrogens is 1. The van der Waals surface area contributed by atoms with Gasteiger partial charge in [-0.25, -0.2) is 4.98 Å². The molecule has 0 saturated heterocycles. The third-order valence-electron chi connectivity index (χ3n) is 5.22. The van der Waals surface area contributed by atoms with Gasteiger partial charge in [-0.3, -0.25) is 0 Å². The molecule has 0 unspecified atom stereocenters. The maximum atomic E-state index is 9.60. The summed E-state index contributed by atoms with van der Waals surface area (Å²) in [5.74, 6) is 1.36. The Kier molecular flexibility index (Phi) is 3.71. The van der Waals surface area contributed by atoms with Crippen LogP contribution in [0.5, 0.6) is 0 Å². The largest absolute Gasteiger partial charge is 0.245 e. The molecule has 0 radical (unpaired) electrons. The van der Waals surface area contributed by atoms with Crippen molar-refractivity contribution in [1.82, 2.24) is 4.98 Å². The van der Waals surface area contributed by atoms with Crippen LogP contribution in [0.4, 0.5) is 0 Å². The predicted molar refractivity (Wildman–Crippen MR) is 92.5 cm³/mol. The van der Waals surface area contributed by atoms with E-state index in [0.717, 1.165) is 17.9 Å². The van der Waals surface area contributed by atoms with Gasteiger partial charge in [-0.1, -0.05) is 18.9 Å². The standard InChI is InChI=1S/C18H18N2S2/c19-10-14-16(15-6-3-9-22-15)13-8-7-11-4-1-2-5-12(11)17(13)20-18(14)21/h3,6,9,11-12H,1-2,4-5,7-8H2,(H,20,21)/t11-,12+/m1/s1. The van der Waals surface area contributed by atoms with Crippen molar-refractivity contribution in [2.75, 3.05) is 0 Å². The van der Waals surface area contributed by atoms with E-state index in [-0.39, 0.29) is 0 Å². The fourth-order valence-corrected chi connectivity index (χ4v) is 5.30. The van der Waals surface area contributed by atoms with Crippen LogP contribution in [0, 0.1) is 17.2 Å². The Bertz CT molecular complexity index is 743. The number of pyridine rings is 1. The van der Waals surface area contributed by atoms with E-state index in [0.29, 0.717) is 16.5 Å². The third kappa shape index (κ3) is 2.19. The average Bonchev–Trinajstić information content (AvgIpc) is 3.07. The van der Waals surface area contributed by atoms with Gasteiger partial charge in [0.15, 0.2) is 0 Å². The van der Waals surface area contributed by atoms with Crippen LogP contribution in [-0.4, -0.2) is 4.98 Å². The summed E-state index contributed by atoms with van der Waals surface area (Å²) in [7, 11) is 0. The first kappa shape index (κ1) is 14.3. The molecule has 0 amide bonds. The second-order valence-corrected chi connectivity index (χ2v) is 7.70. The van der Waals surface area contributed by atoms with Crippen molar-refractivity contribution in [3.05, 3.63) is 34.3 Å². The van der Waals surface area contributed by atoms with Crippen molar-refractivity contribution in [3.63, 3.8) is 0 Å². The lowest BCUT2D eigenvalue weighted by Gasteiger charge is -2.37. The summed E-state index contributed by atoms with van der Waals surface area (Å²) >= 11 is 6.24. The molecule has 2 aliphatic carbocycles. The molecule has 0 aromatic carbocycles. The highest BCUT2D eigenvalue weighted by Crippen LogP contribution is 2.48. The van der Waals surface area contributed by atoms with Crippen LogP contribution in [0.3, 0.4) is 0 Å². The number of thiol groups is 1. The van der Waals surface area contributed by atoms with Crippen LogP contribution in [-0.2, 0) is 6.42 Å². The van der Waals surface area contributed by atoms with Gasteiger partial charge < -0.3 is 0 Å². The minimum Gasteiger partial charge on any atom is -0.245 e. The minimum atomic E-state index is 0.579. The predicted octanol–water partition coefficient (Wildman–Crippen LogP) is 5.19. The van der Waals surface area contributed by atoms with Crippen molar-refractivity contribution >= 4 is 24.0 Å². The van der Waals surface area contributed by atoms with Crippen LogP contribution < -0.4 is 0 Å². The Morgan fingerprint density at radius 3 is 2.91 bits per heavy atom. The van der Waals surface area contributed by atoms with E-state index in [1.165, 1.54) is 48.2 Å². The fraction of sp³-hybridized carbons (Fsp3) is 0.444. The van der Waals surface area contributed by atoms with E-state index < -0.39 is 0 Å². The summed E-state index contributed by atoms with van der Waals surface area (Å²) in [5, 5.41) is 12.3. The van der Waals surface area contributed by atoms with Gasteiger partial charge in [0.05, 0.1) is 5.56 Å². The molecule has 2 nitrogen and oxygen atoms in total. The van der Waals surface area contributed by atoms with Crippen molar-refractivity contribution in [1.29, 1.82) is 5.26 Å². The van der Waals surface area contributed by atoms with E-state index in [4.69, 9.17) is 4.98 Å². The van der Waals surface area contributed by atoms with Gasteiger partial charge in [0, 0.05) is 22.1 Å². The molecule has 1 saturated carbocycles. The summed E-state index contributed by atoms with van der Waals surface area (Å²) in [4.78, 5) is 5.97. The van der Waals surface area contributed by atoms with Gasteiger partial charge in [0.2, 0.25) is 0 Å². The van der Waals surface area contributed by atoms with E-state index in [1.807, 2.05) is 0 Å². The zero-order chi connectivity index (χ0) is 15.1. The van der Waals surface area contributed by atoms with E-state index in [1.54, 1.807) is 11.3 Å². The summed E-state index contributed by atoms with van der Waals surface area (Å²) in [5.41, 5.74) is 4.32. The molecule has 2 aliphatic rings. The maximum absolute atomic E-state index is 9.60. The molecule has 0 spiro atoms. The molecule has 4 rings (SSSR count). The first-order valence-corrected chi connectivity index (χ1v) is 9.32. The number of hydrogen-bond donors (Lipinski definition) is 1. The van der Waals surface area contributed by atoms with Gasteiger partial charge in [0.1, 0.15) is 11.1 Å². The minimum absolute atomic E-state index is 0.579. The number of fused-ring (bicyclic) bond motifs is 3. The Labute approximate surface area is 140 Å². The number of nitriles is 1. The van der Waals surface area contributed by atoms with Gasteiger partial charge in [-0.2, -0.15) is 5.26 Å². The smallest absolute Gasteiger partial charge is 0.112 e. The molecule has 0 bridgehead atoms. The summed E-state index contributed by atoms with van der Waals surface area (Å²) in [6.45, 7) is 0. The van der Waals surface area contributed by atoms with E-state index in [2.05, 4.69) is 36.2 Å². The van der Waals surface area contributed by atoms with Crippen molar-refractivity contribution in [2.45, 2.75) is 49.5 Å². The molecule has 0 aliphatic heterocycles. The lowest BCUT2D eigenvalue weighted by Crippen LogP contribution is -2.26. The molecule has 2 aromatic heterocycles. The molecule has 4 heteroatoms. The molecule has 2 atom stereocenters. The molecule has 1 fully saturated rings. The summed E-state index contributed by atoms with van der Waals surface area (Å²) in [6.07, 6.45) is 7.54. The molecule has 112 valence electrons. The van der Waals surface area contributed by atoms with Crippen molar-refractivity contribution in [2.24, 2.45) is 5.92 Å². The Balaban J connectivity index is 1.95. The molecule has 2 heterocycles. The highest BCUT2D eigenvalue weighted by Gasteiger charge is 2.35. The fourth-order valence-electron chi connectivity index (χ4n) is 4.23. The Hall–Kier alpha value is -1.31. The molecule has 0 N–H and O–H groups in total. The summed E-state index contributed by atoms with van der Waals surface area (Å²) < 4.78 is 0. The maximum Gasteiger partial charge on any atom is 0.112 e. The Morgan fingerprint density at radius 2 is 2.14 bits per heavy atom. The summed E-state index contributed by atoms with van der Waals surface area (Å²) in [6, 6.07) is 6.51. The van der Waals surface area contributed by atoms with E-state index >= 15 is 0 Å². The highest BCUT2D eigenvalue weighted by atomic mass is 32.1. The van der Waals surface area contributed by atoms with E-state index in [9.17, 15) is 5.26 Å². The molecule has 22 heavy (non-hydrogen) atoms. The number of hydrogen-bond acceptors (Lipinski definition) is 4. The van der Waals surface area contributed by atoms with Crippen molar-refractivity contribution < 1.29 is 0 Å². The van der Waals surface area contributed by atoms with Crippen molar-refractivity contribution in [3.8, 4) is 16.5 Å². The third-order valence-corrected chi connectivity index (χ3v) is 6.43. The number of rotatable bonds is 1. The monoisotopic (exact) mass is 326 g/mol. The second-order valence-electron chi connectivity index (χ2n) is 6.33. The van der Waals surface area contributed by atoms with Crippen LogP contribution in [0.25, 0.3) is 10.4 Å². The van der Waals surface area contributed by atoms with Gasteiger partial charge >= 0.3 is 0 Å². The molecular formula is C18H18N2S2. The zero-order valence-corrected chi connectivity index (χ0v) is 14.1. The SMILES string of the molecule is N#Cc1c(S)nc2c(c1-c1cccs1)CC[C@H]1CCCC[C@H]21. The normalized spacial score (nSPS) is 23.5. The molecule has 2 aromatic rings. The molecular weight excluding hydrogens is 308 g/mol. The van der Waals surface area contributed by atoms with Gasteiger partial charge in [0.25, 0.3) is 0 Å². The lowest BCUT2D eigenvalue weighted by atomic mass is 9.69. The Morgan fingerprint density at radius 1 is 1.27 bits per heavy atom. The first-order valence-electron chi connectivity index (χ1n) is 7.99. The van der Waals surface area contributed by atoms with Gasteiger partial charge in [-0.05, 0) is 48.6 Å². The van der Waals surface area contributed by atoms with Crippen LogP contribution in [0.1, 0.15) is 54.8 Å². The topological polar surface area (TPSA) is 36.7 Å². The number of nitrogens with zero attached hydrogens (tertiary/aromatic N) is 2. The number of thiophene rings is 1. The van der Waals surface area contributed by atoms with Crippen LogP contribution in [0.15, 0.2) is 22.5 Å². The first-order chi connectivity index (χ1) is 10.8. The second kappa shape index (κ2) is 5.72. The zero-order valence-electron chi connectivity index (χ0n) is 12.4. The quantitative estimate of drug-likeness (QED) is 0.732. The van der Waals surface area contributed by atoms with Gasteiger partial charge in [-0.15, -0.1) is 24.0 Å². The van der Waals surface area contributed by atoms with Crippen LogP contribution >= 0.6 is 24.0 Å². The lowest BCUT2D eigenvalue weighted by molar-refractivity contribution is 0.269. The highest BCUT2D eigenvalue weighted by molar-refractivity contribution is 7.80. The van der Waals surface area contributed by atoms with Crippen LogP contribution in [0.2, 0.25) is 0 Å². The average molecular weight is 326 g/mol.